The van der Waals surface area contributed by atoms with E-state index in [4.69, 9.17) is 16.3 Å². The Kier molecular flexibility index (Phi) is 6.77. The van der Waals surface area contributed by atoms with Gasteiger partial charge in [-0.25, -0.2) is 0 Å². The molecule has 0 saturated carbocycles. The molecule has 1 nitrogen and oxygen atoms in total. The average Bonchev–Trinajstić information content (AvgIpc) is 2.60. The van der Waals surface area contributed by atoms with Crippen molar-refractivity contribution in [2.75, 3.05) is 6.61 Å². The van der Waals surface area contributed by atoms with Crippen LogP contribution in [0.5, 0.6) is 5.75 Å². The third-order valence-corrected chi connectivity index (χ3v) is 4.37. The maximum atomic E-state index is 12.4. The Morgan fingerprint density at radius 1 is 1.04 bits per heavy atom. The SMILES string of the molecule is Cc1c(OCC(C)(C)C=CC=C(Cl)C(F)(F)F)cccc1-c1ccccc1. The van der Waals surface area contributed by atoms with Gasteiger partial charge in [-0.2, -0.15) is 13.2 Å². The standard InChI is InChI=1S/C22H22ClF3O/c1-16-18(17-9-5-4-6-10-17)11-7-12-19(16)27-15-21(2,3)14-8-13-20(23)22(24,25)26/h4-14H,15H2,1-3H3. The number of rotatable bonds is 6. The van der Waals surface area contributed by atoms with Crippen molar-refractivity contribution in [3.63, 3.8) is 0 Å². The Morgan fingerprint density at radius 2 is 1.70 bits per heavy atom. The molecule has 0 N–H and O–H groups in total. The third kappa shape index (κ3) is 6.17. The van der Waals surface area contributed by atoms with Gasteiger partial charge >= 0.3 is 6.18 Å². The predicted octanol–water partition coefficient (Wildman–Crippen LogP) is 7.31. The third-order valence-electron chi connectivity index (χ3n) is 4.03. The summed E-state index contributed by atoms with van der Waals surface area (Å²) in [6.07, 6.45) is -0.712. The molecule has 0 aliphatic rings. The van der Waals surface area contributed by atoms with Gasteiger partial charge in [-0.1, -0.05) is 80.1 Å². The minimum Gasteiger partial charge on any atom is -0.492 e. The molecule has 0 amide bonds. The van der Waals surface area contributed by atoms with Crippen LogP contribution < -0.4 is 4.74 Å². The lowest BCUT2D eigenvalue weighted by Gasteiger charge is -2.22. The van der Waals surface area contributed by atoms with E-state index in [1.165, 1.54) is 6.08 Å². The maximum absolute atomic E-state index is 12.4. The number of hydrogen-bond acceptors (Lipinski definition) is 1. The Morgan fingerprint density at radius 3 is 2.33 bits per heavy atom. The van der Waals surface area contributed by atoms with E-state index in [0.29, 0.717) is 6.61 Å². The fourth-order valence-electron chi connectivity index (χ4n) is 2.50. The summed E-state index contributed by atoms with van der Waals surface area (Å²) in [4.78, 5) is 0. The van der Waals surface area contributed by atoms with Crippen LogP contribution in [-0.2, 0) is 0 Å². The zero-order chi connectivity index (χ0) is 20.1. The first-order chi connectivity index (χ1) is 12.6. The number of allylic oxidation sites excluding steroid dienone is 3. The molecule has 0 unspecified atom stereocenters. The van der Waals surface area contributed by atoms with E-state index in [-0.39, 0.29) is 0 Å². The van der Waals surface area contributed by atoms with Gasteiger partial charge in [0.2, 0.25) is 0 Å². The van der Waals surface area contributed by atoms with E-state index in [9.17, 15) is 13.2 Å². The average molecular weight is 395 g/mol. The van der Waals surface area contributed by atoms with E-state index in [0.717, 1.165) is 28.5 Å². The molecular weight excluding hydrogens is 373 g/mol. The Labute approximate surface area is 163 Å². The minimum absolute atomic E-state index is 0.320. The quantitative estimate of drug-likeness (QED) is 0.467. The lowest BCUT2D eigenvalue weighted by Crippen LogP contribution is -2.19. The molecule has 0 aliphatic heterocycles. The van der Waals surface area contributed by atoms with Crippen LogP contribution in [0.4, 0.5) is 13.2 Å². The number of ether oxygens (including phenoxy) is 1. The van der Waals surface area contributed by atoms with Crippen molar-refractivity contribution in [1.29, 1.82) is 0 Å². The van der Waals surface area contributed by atoms with Crippen molar-refractivity contribution < 1.29 is 17.9 Å². The van der Waals surface area contributed by atoms with Crippen LogP contribution in [0.25, 0.3) is 11.1 Å². The van der Waals surface area contributed by atoms with Gasteiger partial charge in [0, 0.05) is 5.41 Å². The number of alkyl halides is 3. The molecule has 27 heavy (non-hydrogen) atoms. The van der Waals surface area contributed by atoms with Gasteiger partial charge in [-0.15, -0.1) is 0 Å². The van der Waals surface area contributed by atoms with Crippen LogP contribution in [0, 0.1) is 12.3 Å². The van der Waals surface area contributed by atoms with Crippen LogP contribution >= 0.6 is 11.6 Å². The molecule has 0 aliphatic carbocycles. The molecule has 5 heteroatoms. The van der Waals surface area contributed by atoms with Gasteiger partial charge < -0.3 is 4.74 Å². The fraction of sp³-hybridized carbons (Fsp3) is 0.273. The molecule has 0 fully saturated rings. The molecule has 0 spiro atoms. The Bertz CT molecular complexity index is 821. The van der Waals surface area contributed by atoms with E-state index in [1.807, 2.05) is 69.3 Å². The van der Waals surface area contributed by atoms with Crippen LogP contribution in [0.2, 0.25) is 0 Å². The highest BCUT2D eigenvalue weighted by atomic mass is 35.5. The Balaban J connectivity index is 2.10. The number of halogens is 4. The molecule has 0 heterocycles. The summed E-state index contributed by atoms with van der Waals surface area (Å²) in [6.45, 7) is 6.08. The summed E-state index contributed by atoms with van der Waals surface area (Å²) in [5, 5.41) is -1.15. The van der Waals surface area contributed by atoms with Gasteiger partial charge in [0.05, 0.1) is 6.61 Å². The van der Waals surface area contributed by atoms with Crippen LogP contribution in [-0.4, -0.2) is 12.8 Å². The molecule has 0 aromatic heterocycles. The number of hydrogen-bond donors (Lipinski definition) is 0. The molecule has 144 valence electrons. The summed E-state index contributed by atoms with van der Waals surface area (Å²) < 4.78 is 43.2. The minimum atomic E-state index is -4.53. The van der Waals surface area contributed by atoms with Crippen molar-refractivity contribution in [1.82, 2.24) is 0 Å². The maximum Gasteiger partial charge on any atom is 0.426 e. The van der Waals surface area contributed by atoms with Crippen molar-refractivity contribution in [3.05, 3.63) is 77.4 Å². The van der Waals surface area contributed by atoms with E-state index in [1.54, 1.807) is 6.08 Å². The van der Waals surface area contributed by atoms with Crippen LogP contribution in [0.1, 0.15) is 19.4 Å². The zero-order valence-corrected chi connectivity index (χ0v) is 16.2. The predicted molar refractivity (Wildman–Crippen MR) is 105 cm³/mol. The van der Waals surface area contributed by atoms with E-state index < -0.39 is 16.6 Å². The van der Waals surface area contributed by atoms with Crippen molar-refractivity contribution in [3.8, 4) is 16.9 Å². The van der Waals surface area contributed by atoms with E-state index in [2.05, 4.69) is 0 Å². The highest BCUT2D eigenvalue weighted by Gasteiger charge is 2.31. The van der Waals surface area contributed by atoms with E-state index >= 15 is 0 Å². The molecule has 2 rings (SSSR count). The van der Waals surface area contributed by atoms with Gasteiger partial charge in [-0.05, 0) is 35.8 Å². The summed E-state index contributed by atoms with van der Waals surface area (Å²) >= 11 is 5.21. The number of benzene rings is 2. The normalized spacial score (nSPS) is 13.2. The van der Waals surface area contributed by atoms with Crippen LogP contribution in [0.3, 0.4) is 0 Å². The molecule has 0 saturated heterocycles. The molecule has 0 radical (unpaired) electrons. The summed E-state index contributed by atoms with van der Waals surface area (Å²) in [5.74, 6) is 0.752. The molecule has 2 aromatic carbocycles. The highest BCUT2D eigenvalue weighted by Crippen LogP contribution is 2.31. The van der Waals surface area contributed by atoms with Gasteiger partial charge in [0.15, 0.2) is 0 Å². The molecular formula is C22H22ClF3O. The topological polar surface area (TPSA) is 9.23 Å². The zero-order valence-electron chi connectivity index (χ0n) is 15.5. The summed E-state index contributed by atoms with van der Waals surface area (Å²) in [7, 11) is 0. The second-order valence-electron chi connectivity index (χ2n) is 6.94. The first-order valence-corrected chi connectivity index (χ1v) is 8.88. The largest absolute Gasteiger partial charge is 0.492 e. The monoisotopic (exact) mass is 394 g/mol. The summed E-state index contributed by atoms with van der Waals surface area (Å²) in [6, 6.07) is 15.9. The first kappa shape index (κ1) is 21.1. The fourth-order valence-corrected chi connectivity index (χ4v) is 2.57. The highest BCUT2D eigenvalue weighted by molar-refractivity contribution is 6.30. The first-order valence-electron chi connectivity index (χ1n) is 8.50. The van der Waals surface area contributed by atoms with Gasteiger partial charge in [0.1, 0.15) is 10.8 Å². The molecule has 2 aromatic rings. The summed E-state index contributed by atoms with van der Waals surface area (Å²) in [5.41, 5.74) is 2.74. The van der Waals surface area contributed by atoms with Crippen molar-refractivity contribution in [2.24, 2.45) is 5.41 Å². The lowest BCUT2D eigenvalue weighted by atomic mass is 9.94. The lowest BCUT2D eigenvalue weighted by molar-refractivity contribution is -0.0845. The van der Waals surface area contributed by atoms with Gasteiger partial charge in [-0.3, -0.25) is 0 Å². The van der Waals surface area contributed by atoms with Gasteiger partial charge in [0.25, 0.3) is 0 Å². The molecule has 0 atom stereocenters. The molecule has 0 bridgehead atoms. The second kappa shape index (κ2) is 8.66. The van der Waals surface area contributed by atoms with Crippen molar-refractivity contribution in [2.45, 2.75) is 26.9 Å². The van der Waals surface area contributed by atoms with Crippen LogP contribution in [0.15, 0.2) is 71.8 Å². The van der Waals surface area contributed by atoms with Crippen molar-refractivity contribution >= 4 is 11.6 Å². The second-order valence-corrected chi connectivity index (χ2v) is 7.35. The smallest absolute Gasteiger partial charge is 0.426 e. The Hall–Kier alpha value is -2.20.